The SMILES string of the molecule is O=C(c1cccc(F)c1)c1ccc2c(c1)oc(=O)n2CCc1ccccn1. The van der Waals surface area contributed by atoms with E-state index in [-0.39, 0.29) is 11.3 Å². The van der Waals surface area contributed by atoms with Crippen molar-refractivity contribution in [1.82, 2.24) is 9.55 Å². The third-order valence-electron chi connectivity index (χ3n) is 4.33. The Morgan fingerprint density at radius 2 is 1.89 bits per heavy atom. The molecule has 0 fully saturated rings. The smallest absolute Gasteiger partial charge is 0.408 e. The predicted octanol–water partition coefficient (Wildman–Crippen LogP) is 3.60. The van der Waals surface area contributed by atoms with Crippen molar-refractivity contribution in [1.29, 1.82) is 0 Å². The molecule has 2 heterocycles. The van der Waals surface area contributed by atoms with E-state index in [2.05, 4.69) is 4.98 Å². The van der Waals surface area contributed by atoms with Crippen LogP contribution in [0.2, 0.25) is 0 Å². The molecule has 2 aromatic heterocycles. The third-order valence-corrected chi connectivity index (χ3v) is 4.33. The van der Waals surface area contributed by atoms with Crippen LogP contribution in [0.4, 0.5) is 4.39 Å². The van der Waals surface area contributed by atoms with Crippen LogP contribution in [-0.4, -0.2) is 15.3 Å². The van der Waals surface area contributed by atoms with Gasteiger partial charge in [0, 0.05) is 36.0 Å². The summed E-state index contributed by atoms with van der Waals surface area (Å²) in [5.74, 6) is -1.30. The van der Waals surface area contributed by atoms with E-state index in [4.69, 9.17) is 4.42 Å². The van der Waals surface area contributed by atoms with E-state index in [1.54, 1.807) is 24.4 Å². The zero-order chi connectivity index (χ0) is 18.8. The van der Waals surface area contributed by atoms with Gasteiger partial charge in [-0.05, 0) is 42.5 Å². The van der Waals surface area contributed by atoms with Gasteiger partial charge >= 0.3 is 5.76 Å². The van der Waals surface area contributed by atoms with Gasteiger partial charge in [-0.25, -0.2) is 9.18 Å². The van der Waals surface area contributed by atoms with Gasteiger partial charge in [-0.1, -0.05) is 18.2 Å². The number of rotatable bonds is 5. The molecule has 0 aliphatic carbocycles. The van der Waals surface area contributed by atoms with Crippen molar-refractivity contribution in [3.63, 3.8) is 0 Å². The molecule has 134 valence electrons. The Balaban J connectivity index is 1.64. The highest BCUT2D eigenvalue weighted by atomic mass is 19.1. The molecule has 0 bridgehead atoms. The number of carbonyl (C=O) groups excluding carboxylic acids is 1. The molecule has 4 rings (SSSR count). The Morgan fingerprint density at radius 3 is 2.67 bits per heavy atom. The molecule has 0 aliphatic heterocycles. The van der Waals surface area contributed by atoms with Gasteiger partial charge in [0.1, 0.15) is 5.82 Å². The second-order valence-corrected chi connectivity index (χ2v) is 6.11. The van der Waals surface area contributed by atoms with E-state index in [0.29, 0.717) is 29.6 Å². The lowest BCUT2D eigenvalue weighted by molar-refractivity contribution is 0.103. The van der Waals surface area contributed by atoms with Crippen LogP contribution < -0.4 is 5.76 Å². The molecule has 0 saturated heterocycles. The fourth-order valence-corrected chi connectivity index (χ4v) is 2.99. The van der Waals surface area contributed by atoms with Crippen molar-refractivity contribution in [3.05, 3.63) is 100 Å². The summed E-state index contributed by atoms with van der Waals surface area (Å²) in [4.78, 5) is 29.0. The van der Waals surface area contributed by atoms with Crippen molar-refractivity contribution in [2.24, 2.45) is 0 Å². The Bertz CT molecular complexity index is 1180. The van der Waals surface area contributed by atoms with Crippen molar-refractivity contribution >= 4 is 16.9 Å². The highest BCUT2D eigenvalue weighted by Gasteiger charge is 2.15. The molecular weight excluding hydrogens is 347 g/mol. The molecule has 0 aliphatic rings. The number of nitrogens with zero attached hydrogens (tertiary/aromatic N) is 2. The normalized spacial score (nSPS) is 11.0. The molecule has 27 heavy (non-hydrogen) atoms. The average Bonchev–Trinajstić information content (AvgIpc) is 3.00. The molecule has 0 atom stereocenters. The molecule has 4 aromatic rings. The highest BCUT2D eigenvalue weighted by molar-refractivity contribution is 6.10. The van der Waals surface area contributed by atoms with Gasteiger partial charge < -0.3 is 4.42 Å². The second kappa shape index (κ2) is 6.99. The minimum atomic E-state index is -0.490. The van der Waals surface area contributed by atoms with Gasteiger partial charge in [-0.2, -0.15) is 0 Å². The topological polar surface area (TPSA) is 65.1 Å². The number of aryl methyl sites for hydroxylation is 2. The Morgan fingerprint density at radius 1 is 1.04 bits per heavy atom. The first-order valence-corrected chi connectivity index (χ1v) is 8.45. The molecule has 2 aromatic carbocycles. The summed E-state index contributed by atoms with van der Waals surface area (Å²) in [6, 6.07) is 15.9. The molecule has 0 spiro atoms. The van der Waals surface area contributed by atoms with E-state index in [0.717, 1.165) is 5.69 Å². The maximum Gasteiger partial charge on any atom is 0.419 e. The average molecular weight is 362 g/mol. The van der Waals surface area contributed by atoms with Gasteiger partial charge in [0.2, 0.25) is 0 Å². The summed E-state index contributed by atoms with van der Waals surface area (Å²) in [5.41, 5.74) is 2.37. The van der Waals surface area contributed by atoms with Crippen LogP contribution in [0.1, 0.15) is 21.6 Å². The van der Waals surface area contributed by atoms with Crippen LogP contribution in [0.25, 0.3) is 11.1 Å². The van der Waals surface area contributed by atoms with Crippen molar-refractivity contribution in [3.8, 4) is 0 Å². The summed E-state index contributed by atoms with van der Waals surface area (Å²) >= 11 is 0. The first-order valence-electron chi connectivity index (χ1n) is 8.45. The zero-order valence-electron chi connectivity index (χ0n) is 14.3. The molecule has 0 N–H and O–H groups in total. The van der Waals surface area contributed by atoms with Gasteiger partial charge in [0.05, 0.1) is 5.52 Å². The minimum Gasteiger partial charge on any atom is -0.408 e. The Labute approximate surface area is 153 Å². The predicted molar refractivity (Wildman–Crippen MR) is 98.2 cm³/mol. The van der Waals surface area contributed by atoms with Gasteiger partial charge in [0.25, 0.3) is 0 Å². The zero-order valence-corrected chi connectivity index (χ0v) is 14.3. The highest BCUT2D eigenvalue weighted by Crippen LogP contribution is 2.19. The fraction of sp³-hybridized carbons (Fsp3) is 0.0952. The molecule has 5 nitrogen and oxygen atoms in total. The number of hydrogen-bond donors (Lipinski definition) is 0. The lowest BCUT2D eigenvalue weighted by Crippen LogP contribution is -2.15. The maximum atomic E-state index is 13.4. The van der Waals surface area contributed by atoms with E-state index < -0.39 is 11.6 Å². The van der Waals surface area contributed by atoms with E-state index in [1.807, 2.05) is 18.2 Å². The fourth-order valence-electron chi connectivity index (χ4n) is 2.99. The number of hydrogen-bond acceptors (Lipinski definition) is 4. The van der Waals surface area contributed by atoms with Crippen molar-refractivity contribution in [2.45, 2.75) is 13.0 Å². The molecule has 0 amide bonds. The molecular formula is C21H15FN2O3. The number of aromatic nitrogens is 2. The van der Waals surface area contributed by atoms with Crippen LogP contribution in [-0.2, 0) is 13.0 Å². The number of pyridine rings is 1. The molecule has 6 heteroatoms. The van der Waals surface area contributed by atoms with Crippen LogP contribution in [0.15, 0.2) is 76.1 Å². The van der Waals surface area contributed by atoms with Crippen LogP contribution in [0, 0.1) is 5.82 Å². The second-order valence-electron chi connectivity index (χ2n) is 6.11. The lowest BCUT2D eigenvalue weighted by Gasteiger charge is -2.04. The first-order chi connectivity index (χ1) is 13.1. The summed E-state index contributed by atoms with van der Waals surface area (Å²) < 4.78 is 20.2. The van der Waals surface area contributed by atoms with Gasteiger partial charge in [-0.15, -0.1) is 0 Å². The standard InChI is InChI=1S/C21H15FN2O3/c22-16-5-3-4-14(12-16)20(25)15-7-8-18-19(13-15)27-21(26)24(18)11-9-17-6-1-2-10-23-17/h1-8,10,12-13H,9,11H2. The monoisotopic (exact) mass is 362 g/mol. The van der Waals surface area contributed by atoms with Crippen LogP contribution >= 0.6 is 0 Å². The Hall–Kier alpha value is -3.54. The quantitative estimate of drug-likeness (QED) is 0.509. The lowest BCUT2D eigenvalue weighted by atomic mass is 10.0. The largest absolute Gasteiger partial charge is 0.419 e. The van der Waals surface area contributed by atoms with Gasteiger partial charge in [0.15, 0.2) is 11.4 Å². The summed E-state index contributed by atoms with van der Waals surface area (Å²) in [6.45, 7) is 0.417. The Kier molecular flexibility index (Phi) is 4.38. The van der Waals surface area contributed by atoms with E-state index in [1.165, 1.54) is 28.8 Å². The van der Waals surface area contributed by atoms with Crippen LogP contribution in [0.5, 0.6) is 0 Å². The first kappa shape index (κ1) is 16.9. The molecule has 0 radical (unpaired) electrons. The number of oxazole rings is 1. The molecule has 0 unspecified atom stereocenters. The molecule has 0 saturated carbocycles. The maximum absolute atomic E-state index is 13.4. The van der Waals surface area contributed by atoms with Crippen molar-refractivity contribution < 1.29 is 13.6 Å². The van der Waals surface area contributed by atoms with Gasteiger partial charge in [-0.3, -0.25) is 14.3 Å². The van der Waals surface area contributed by atoms with Crippen molar-refractivity contribution in [2.75, 3.05) is 0 Å². The number of benzene rings is 2. The summed E-state index contributed by atoms with van der Waals surface area (Å²) in [7, 11) is 0. The number of fused-ring (bicyclic) bond motifs is 1. The summed E-state index contributed by atoms with van der Waals surface area (Å²) in [5, 5.41) is 0. The number of carbonyl (C=O) groups is 1. The van der Waals surface area contributed by atoms with Crippen LogP contribution in [0.3, 0.4) is 0 Å². The number of ketones is 1. The van der Waals surface area contributed by atoms with E-state index in [9.17, 15) is 14.0 Å². The number of halogens is 1. The summed E-state index contributed by atoms with van der Waals surface area (Å²) in [6.07, 6.45) is 2.29. The minimum absolute atomic E-state index is 0.242. The van der Waals surface area contributed by atoms with E-state index >= 15 is 0 Å². The third kappa shape index (κ3) is 3.42.